The Labute approximate surface area is 113 Å². The van der Waals surface area contributed by atoms with Gasteiger partial charge in [-0.1, -0.05) is 12.1 Å². The van der Waals surface area contributed by atoms with Crippen LogP contribution in [0.2, 0.25) is 0 Å². The van der Waals surface area contributed by atoms with Gasteiger partial charge in [-0.2, -0.15) is 0 Å². The van der Waals surface area contributed by atoms with Crippen molar-refractivity contribution in [2.75, 3.05) is 33.4 Å². The molecule has 4 nitrogen and oxygen atoms in total. The lowest BCUT2D eigenvalue weighted by molar-refractivity contribution is -0.131. The Morgan fingerprint density at radius 1 is 1.42 bits per heavy atom. The molecule has 2 N–H and O–H groups in total. The molecular formula is C14H21FN2O2. The highest BCUT2D eigenvalue weighted by Crippen LogP contribution is 2.06. The number of ether oxygens (including phenoxy) is 1. The summed E-state index contributed by atoms with van der Waals surface area (Å²) in [6.45, 7) is 2.16. The molecule has 1 rings (SSSR count). The van der Waals surface area contributed by atoms with Gasteiger partial charge in [0.15, 0.2) is 0 Å². The van der Waals surface area contributed by atoms with Gasteiger partial charge in [0.2, 0.25) is 5.91 Å². The summed E-state index contributed by atoms with van der Waals surface area (Å²) >= 11 is 0. The summed E-state index contributed by atoms with van der Waals surface area (Å²) in [5.74, 6) is -0.355. The molecule has 1 aromatic carbocycles. The van der Waals surface area contributed by atoms with Crippen molar-refractivity contribution in [2.45, 2.75) is 12.8 Å². The summed E-state index contributed by atoms with van der Waals surface area (Å²) in [5.41, 5.74) is 6.14. The zero-order valence-corrected chi connectivity index (χ0v) is 11.3. The summed E-state index contributed by atoms with van der Waals surface area (Å²) in [4.78, 5) is 13.9. The maximum atomic E-state index is 13.1. The Bertz CT molecular complexity index is 391. The summed E-state index contributed by atoms with van der Waals surface area (Å²) in [6.07, 6.45) is 0.949. The van der Waals surface area contributed by atoms with Crippen LogP contribution in [0.25, 0.3) is 0 Å². The van der Waals surface area contributed by atoms with Gasteiger partial charge in [-0.15, -0.1) is 0 Å². The van der Waals surface area contributed by atoms with E-state index >= 15 is 0 Å². The number of hydrogen-bond donors (Lipinski definition) is 1. The minimum Gasteiger partial charge on any atom is -0.383 e. The third-order valence-corrected chi connectivity index (χ3v) is 2.79. The number of carbonyl (C=O) groups excluding carboxylic acids is 1. The zero-order chi connectivity index (χ0) is 14.1. The molecule has 0 fully saturated rings. The van der Waals surface area contributed by atoms with Crippen LogP contribution in [0.4, 0.5) is 4.39 Å². The van der Waals surface area contributed by atoms with Gasteiger partial charge in [0, 0.05) is 20.2 Å². The van der Waals surface area contributed by atoms with Crippen molar-refractivity contribution in [3.63, 3.8) is 0 Å². The molecule has 0 atom stereocenters. The van der Waals surface area contributed by atoms with Gasteiger partial charge in [0.25, 0.3) is 0 Å². The number of amides is 1. The van der Waals surface area contributed by atoms with E-state index in [1.807, 2.05) is 0 Å². The molecular weight excluding hydrogens is 247 g/mol. The molecule has 0 aliphatic heterocycles. The zero-order valence-electron chi connectivity index (χ0n) is 11.3. The van der Waals surface area contributed by atoms with Crippen LogP contribution in [-0.2, 0) is 16.0 Å². The molecule has 0 aliphatic carbocycles. The molecule has 0 aliphatic rings. The Balaban J connectivity index is 2.59. The number of nitrogens with zero attached hydrogens (tertiary/aromatic N) is 1. The number of nitrogens with two attached hydrogens (primary N) is 1. The fourth-order valence-corrected chi connectivity index (χ4v) is 1.78. The van der Waals surface area contributed by atoms with Crippen LogP contribution in [-0.4, -0.2) is 44.2 Å². The van der Waals surface area contributed by atoms with Crippen LogP contribution in [0.3, 0.4) is 0 Å². The number of rotatable bonds is 8. The molecule has 1 aromatic rings. The number of carbonyl (C=O) groups is 1. The van der Waals surface area contributed by atoms with Gasteiger partial charge in [-0.3, -0.25) is 4.79 Å². The molecule has 0 bridgehead atoms. The van der Waals surface area contributed by atoms with Gasteiger partial charge in [0.1, 0.15) is 5.82 Å². The lowest BCUT2D eigenvalue weighted by atomic mass is 10.1. The Kier molecular flexibility index (Phi) is 7.07. The van der Waals surface area contributed by atoms with Gasteiger partial charge in [-0.05, 0) is 30.7 Å². The van der Waals surface area contributed by atoms with Crippen molar-refractivity contribution < 1.29 is 13.9 Å². The lowest BCUT2D eigenvalue weighted by Crippen LogP contribution is -2.36. The van der Waals surface area contributed by atoms with Crippen LogP contribution < -0.4 is 5.73 Å². The lowest BCUT2D eigenvalue weighted by Gasteiger charge is -2.22. The van der Waals surface area contributed by atoms with E-state index in [-0.39, 0.29) is 18.1 Å². The van der Waals surface area contributed by atoms with Crippen LogP contribution in [0.1, 0.15) is 12.0 Å². The quantitative estimate of drug-likeness (QED) is 0.770. The maximum absolute atomic E-state index is 13.1. The third kappa shape index (κ3) is 5.81. The SMILES string of the molecule is COCCN(CCCN)C(=O)Cc1cccc(F)c1. The van der Waals surface area contributed by atoms with E-state index in [9.17, 15) is 9.18 Å². The van der Waals surface area contributed by atoms with Crippen molar-refractivity contribution >= 4 is 5.91 Å². The number of benzene rings is 1. The van der Waals surface area contributed by atoms with E-state index in [1.165, 1.54) is 12.1 Å². The first kappa shape index (κ1) is 15.6. The van der Waals surface area contributed by atoms with Gasteiger partial charge in [0.05, 0.1) is 13.0 Å². The third-order valence-electron chi connectivity index (χ3n) is 2.79. The summed E-state index contributed by atoms with van der Waals surface area (Å²) in [6, 6.07) is 6.11. The first-order chi connectivity index (χ1) is 9.17. The minimum atomic E-state index is -0.323. The highest BCUT2D eigenvalue weighted by Gasteiger charge is 2.13. The Hall–Kier alpha value is -1.46. The molecule has 0 unspecified atom stereocenters. The topological polar surface area (TPSA) is 55.6 Å². The van der Waals surface area contributed by atoms with E-state index in [1.54, 1.807) is 24.1 Å². The first-order valence-corrected chi connectivity index (χ1v) is 6.38. The van der Waals surface area contributed by atoms with Crippen molar-refractivity contribution in [3.8, 4) is 0 Å². The fourth-order valence-electron chi connectivity index (χ4n) is 1.78. The monoisotopic (exact) mass is 268 g/mol. The van der Waals surface area contributed by atoms with Crippen LogP contribution in [0, 0.1) is 5.82 Å². The van der Waals surface area contributed by atoms with E-state index < -0.39 is 0 Å². The Morgan fingerprint density at radius 3 is 2.84 bits per heavy atom. The second kappa shape index (κ2) is 8.61. The number of hydrogen-bond acceptors (Lipinski definition) is 3. The van der Waals surface area contributed by atoms with Crippen LogP contribution in [0.15, 0.2) is 24.3 Å². The van der Waals surface area contributed by atoms with Crippen molar-refractivity contribution in [2.24, 2.45) is 5.73 Å². The fraction of sp³-hybridized carbons (Fsp3) is 0.500. The molecule has 5 heteroatoms. The molecule has 0 aromatic heterocycles. The normalized spacial score (nSPS) is 10.5. The smallest absolute Gasteiger partial charge is 0.227 e. The summed E-state index contributed by atoms with van der Waals surface area (Å²) < 4.78 is 18.0. The molecule has 19 heavy (non-hydrogen) atoms. The van der Waals surface area contributed by atoms with E-state index in [4.69, 9.17) is 10.5 Å². The van der Waals surface area contributed by atoms with Gasteiger partial charge >= 0.3 is 0 Å². The van der Waals surface area contributed by atoms with Gasteiger partial charge < -0.3 is 15.4 Å². The molecule has 1 amide bonds. The van der Waals surface area contributed by atoms with Crippen molar-refractivity contribution in [1.29, 1.82) is 0 Å². The van der Waals surface area contributed by atoms with Crippen LogP contribution in [0.5, 0.6) is 0 Å². The molecule has 0 saturated carbocycles. The largest absolute Gasteiger partial charge is 0.383 e. The minimum absolute atomic E-state index is 0.0314. The maximum Gasteiger partial charge on any atom is 0.227 e. The van der Waals surface area contributed by atoms with Gasteiger partial charge in [-0.25, -0.2) is 4.39 Å². The molecule has 0 spiro atoms. The average Bonchev–Trinajstić information content (AvgIpc) is 2.38. The standard InChI is InChI=1S/C14H21FN2O2/c1-19-9-8-17(7-3-6-16)14(18)11-12-4-2-5-13(15)10-12/h2,4-5,10H,3,6-9,11,16H2,1H3. The summed E-state index contributed by atoms with van der Waals surface area (Å²) in [5, 5.41) is 0. The second-order valence-electron chi connectivity index (χ2n) is 4.32. The highest BCUT2D eigenvalue weighted by molar-refractivity contribution is 5.78. The van der Waals surface area contributed by atoms with E-state index in [2.05, 4.69) is 0 Å². The molecule has 0 heterocycles. The highest BCUT2D eigenvalue weighted by atomic mass is 19.1. The molecule has 0 radical (unpaired) electrons. The van der Waals surface area contributed by atoms with Crippen molar-refractivity contribution in [3.05, 3.63) is 35.6 Å². The predicted octanol–water partition coefficient (Wildman–Crippen LogP) is 1.19. The van der Waals surface area contributed by atoms with Crippen LogP contribution >= 0.6 is 0 Å². The van der Waals surface area contributed by atoms with Crippen molar-refractivity contribution in [1.82, 2.24) is 4.90 Å². The first-order valence-electron chi connectivity index (χ1n) is 6.38. The molecule has 0 saturated heterocycles. The second-order valence-corrected chi connectivity index (χ2v) is 4.32. The predicted molar refractivity (Wildman–Crippen MR) is 72.2 cm³/mol. The van der Waals surface area contributed by atoms with E-state index in [0.29, 0.717) is 31.8 Å². The Morgan fingerprint density at radius 2 is 2.21 bits per heavy atom. The average molecular weight is 268 g/mol. The number of methoxy groups -OCH3 is 1. The van der Waals surface area contributed by atoms with E-state index in [0.717, 1.165) is 6.42 Å². The molecule has 106 valence electrons. The summed E-state index contributed by atoms with van der Waals surface area (Å²) in [7, 11) is 1.60. The number of halogens is 1.